The SMILES string of the molecule is CCCC(=O)CCC(=O)N(c1cc(CC)cc(CC)c1)c1c(C)cc(C)cc1C. The highest BCUT2D eigenvalue weighted by Crippen LogP contribution is 2.34. The smallest absolute Gasteiger partial charge is 0.231 e. The van der Waals surface area contributed by atoms with E-state index in [2.05, 4.69) is 65.0 Å². The Morgan fingerprint density at radius 3 is 1.79 bits per heavy atom. The van der Waals surface area contributed by atoms with Gasteiger partial charge < -0.3 is 0 Å². The van der Waals surface area contributed by atoms with Crippen LogP contribution < -0.4 is 4.90 Å². The molecule has 0 unspecified atom stereocenters. The number of aryl methyl sites for hydroxylation is 5. The summed E-state index contributed by atoms with van der Waals surface area (Å²) in [6.45, 7) is 12.5. The van der Waals surface area contributed by atoms with Crippen molar-refractivity contribution in [1.29, 1.82) is 0 Å². The van der Waals surface area contributed by atoms with E-state index in [-0.39, 0.29) is 18.1 Å². The first-order valence-corrected chi connectivity index (χ1v) is 10.9. The van der Waals surface area contributed by atoms with Gasteiger partial charge in [-0.05, 0) is 74.4 Å². The van der Waals surface area contributed by atoms with Crippen LogP contribution in [0.4, 0.5) is 11.4 Å². The Balaban J connectivity index is 2.55. The molecule has 0 aliphatic carbocycles. The monoisotopic (exact) mass is 393 g/mol. The first-order chi connectivity index (χ1) is 13.8. The number of anilines is 2. The summed E-state index contributed by atoms with van der Waals surface area (Å²) in [7, 11) is 0. The lowest BCUT2D eigenvalue weighted by atomic mass is 10.00. The van der Waals surface area contributed by atoms with Crippen molar-refractivity contribution < 1.29 is 9.59 Å². The van der Waals surface area contributed by atoms with Crippen LogP contribution in [0.25, 0.3) is 0 Å². The van der Waals surface area contributed by atoms with Gasteiger partial charge in [0.05, 0.1) is 5.69 Å². The molecule has 0 aliphatic rings. The van der Waals surface area contributed by atoms with E-state index in [9.17, 15) is 9.59 Å². The molecule has 0 heterocycles. The Kier molecular flexibility index (Phi) is 8.19. The summed E-state index contributed by atoms with van der Waals surface area (Å²) < 4.78 is 0. The number of benzene rings is 2. The average Bonchev–Trinajstić information content (AvgIpc) is 2.68. The number of ketones is 1. The van der Waals surface area contributed by atoms with Crippen LogP contribution in [0.15, 0.2) is 30.3 Å². The Morgan fingerprint density at radius 2 is 1.31 bits per heavy atom. The largest absolute Gasteiger partial charge is 0.300 e. The fourth-order valence-electron chi connectivity index (χ4n) is 3.97. The maximum Gasteiger partial charge on any atom is 0.231 e. The molecule has 1 amide bonds. The van der Waals surface area contributed by atoms with Crippen LogP contribution in [0, 0.1) is 20.8 Å². The standard InChI is InChI=1S/C26H35NO2/c1-7-10-24(28)11-12-25(29)27(26-19(5)13-18(4)14-20(26)6)23-16-21(8-2)15-22(9-3)17-23/h13-17H,7-12H2,1-6H3. The highest BCUT2D eigenvalue weighted by Gasteiger charge is 2.23. The molecule has 3 nitrogen and oxygen atoms in total. The van der Waals surface area contributed by atoms with E-state index in [1.807, 2.05) is 11.8 Å². The van der Waals surface area contributed by atoms with Gasteiger partial charge in [0, 0.05) is 24.9 Å². The lowest BCUT2D eigenvalue weighted by Gasteiger charge is -2.28. The minimum atomic E-state index is -0.0141. The van der Waals surface area contributed by atoms with Gasteiger partial charge in [-0.2, -0.15) is 0 Å². The number of nitrogens with zero attached hydrogens (tertiary/aromatic N) is 1. The topological polar surface area (TPSA) is 37.4 Å². The van der Waals surface area contributed by atoms with Crippen molar-refractivity contribution in [3.63, 3.8) is 0 Å². The molecule has 2 aromatic carbocycles. The molecular weight excluding hydrogens is 358 g/mol. The molecule has 0 bridgehead atoms. The summed E-state index contributed by atoms with van der Waals surface area (Å²) in [5, 5.41) is 0. The Morgan fingerprint density at radius 1 is 0.759 bits per heavy atom. The molecule has 2 aromatic rings. The normalized spacial score (nSPS) is 10.8. The van der Waals surface area contributed by atoms with E-state index in [0.29, 0.717) is 12.8 Å². The fourth-order valence-corrected chi connectivity index (χ4v) is 3.97. The molecule has 0 aliphatic heterocycles. The van der Waals surface area contributed by atoms with E-state index < -0.39 is 0 Å². The first kappa shape index (κ1) is 22.9. The van der Waals surface area contributed by atoms with Gasteiger partial charge in [-0.3, -0.25) is 14.5 Å². The van der Waals surface area contributed by atoms with Gasteiger partial charge in [-0.1, -0.05) is 44.5 Å². The minimum Gasteiger partial charge on any atom is -0.300 e. The van der Waals surface area contributed by atoms with Gasteiger partial charge in [-0.25, -0.2) is 0 Å². The molecule has 0 saturated heterocycles. The predicted molar refractivity (Wildman–Crippen MR) is 122 cm³/mol. The molecule has 29 heavy (non-hydrogen) atoms. The van der Waals surface area contributed by atoms with Crippen LogP contribution in [0.1, 0.15) is 74.3 Å². The Labute approximate surface area is 176 Å². The summed E-state index contributed by atoms with van der Waals surface area (Å²) in [4.78, 5) is 27.3. The molecule has 0 atom stereocenters. The zero-order chi connectivity index (χ0) is 21.6. The predicted octanol–water partition coefficient (Wildman–Crippen LogP) is 6.55. The number of rotatable bonds is 9. The van der Waals surface area contributed by atoms with Crippen molar-refractivity contribution in [1.82, 2.24) is 0 Å². The van der Waals surface area contributed by atoms with Gasteiger partial charge in [-0.15, -0.1) is 0 Å². The molecule has 3 heteroatoms. The zero-order valence-corrected chi connectivity index (χ0v) is 18.9. The van der Waals surface area contributed by atoms with Crippen LogP contribution >= 0.6 is 0 Å². The van der Waals surface area contributed by atoms with Crippen molar-refractivity contribution in [3.05, 3.63) is 58.1 Å². The van der Waals surface area contributed by atoms with Crippen LogP contribution in [-0.2, 0) is 22.4 Å². The Bertz CT molecular complexity index is 837. The van der Waals surface area contributed by atoms with E-state index in [1.54, 1.807) is 0 Å². The quantitative estimate of drug-likeness (QED) is 0.484. The summed E-state index contributed by atoms with van der Waals surface area (Å²) in [5.41, 5.74) is 7.64. The summed E-state index contributed by atoms with van der Waals surface area (Å²) >= 11 is 0. The Hall–Kier alpha value is -2.42. The lowest BCUT2D eigenvalue weighted by Crippen LogP contribution is -2.28. The molecular formula is C26H35NO2. The maximum absolute atomic E-state index is 13.4. The number of amides is 1. The van der Waals surface area contributed by atoms with Crippen LogP contribution in [0.2, 0.25) is 0 Å². The second-order valence-electron chi connectivity index (χ2n) is 7.98. The van der Waals surface area contributed by atoms with Crippen molar-refractivity contribution >= 4 is 23.1 Å². The zero-order valence-electron chi connectivity index (χ0n) is 18.9. The van der Waals surface area contributed by atoms with Gasteiger partial charge in [0.25, 0.3) is 0 Å². The van der Waals surface area contributed by atoms with Crippen LogP contribution in [0.5, 0.6) is 0 Å². The van der Waals surface area contributed by atoms with Crippen LogP contribution in [-0.4, -0.2) is 11.7 Å². The van der Waals surface area contributed by atoms with Crippen LogP contribution in [0.3, 0.4) is 0 Å². The van der Waals surface area contributed by atoms with Gasteiger partial charge in [0.2, 0.25) is 5.91 Å². The second-order valence-corrected chi connectivity index (χ2v) is 7.98. The second kappa shape index (κ2) is 10.4. The first-order valence-electron chi connectivity index (χ1n) is 10.9. The third kappa shape index (κ3) is 5.79. The molecule has 156 valence electrons. The highest BCUT2D eigenvalue weighted by atomic mass is 16.2. The lowest BCUT2D eigenvalue weighted by molar-refractivity contribution is -0.123. The molecule has 0 N–H and O–H groups in total. The van der Waals surface area contributed by atoms with Gasteiger partial charge in [0.1, 0.15) is 5.78 Å². The molecule has 0 spiro atoms. The number of Topliss-reactive ketones (excluding diaryl/α,β-unsaturated/α-hetero) is 1. The van der Waals surface area contributed by atoms with Crippen molar-refractivity contribution in [2.24, 2.45) is 0 Å². The van der Waals surface area contributed by atoms with Gasteiger partial charge in [0.15, 0.2) is 0 Å². The maximum atomic E-state index is 13.4. The van der Waals surface area contributed by atoms with Crippen molar-refractivity contribution in [2.45, 2.75) is 80.1 Å². The van der Waals surface area contributed by atoms with Crippen molar-refractivity contribution in [2.75, 3.05) is 4.90 Å². The highest BCUT2D eigenvalue weighted by molar-refractivity contribution is 6.03. The van der Waals surface area contributed by atoms with Gasteiger partial charge >= 0.3 is 0 Å². The van der Waals surface area contributed by atoms with E-state index in [4.69, 9.17) is 0 Å². The number of carbonyl (C=O) groups excluding carboxylic acids is 2. The third-order valence-electron chi connectivity index (χ3n) is 5.37. The third-order valence-corrected chi connectivity index (χ3v) is 5.37. The number of hydrogen-bond acceptors (Lipinski definition) is 2. The average molecular weight is 394 g/mol. The van der Waals surface area contributed by atoms with E-state index in [0.717, 1.165) is 41.8 Å². The summed E-state index contributed by atoms with van der Waals surface area (Å²) in [6, 6.07) is 10.7. The fraction of sp³-hybridized carbons (Fsp3) is 0.462. The molecule has 0 saturated carbocycles. The van der Waals surface area contributed by atoms with Crippen molar-refractivity contribution in [3.8, 4) is 0 Å². The molecule has 0 aromatic heterocycles. The molecule has 2 rings (SSSR count). The summed E-state index contributed by atoms with van der Waals surface area (Å²) in [5.74, 6) is 0.148. The number of hydrogen-bond donors (Lipinski definition) is 0. The molecule has 0 fully saturated rings. The van der Waals surface area contributed by atoms with E-state index >= 15 is 0 Å². The minimum absolute atomic E-state index is 0.0141. The van der Waals surface area contributed by atoms with E-state index in [1.165, 1.54) is 16.7 Å². The summed E-state index contributed by atoms with van der Waals surface area (Å²) in [6.07, 6.45) is 3.75. The number of carbonyl (C=O) groups is 2. The molecule has 0 radical (unpaired) electrons.